The maximum absolute atomic E-state index is 11.7. The summed E-state index contributed by atoms with van der Waals surface area (Å²) in [6, 6.07) is 5.74. The van der Waals surface area contributed by atoms with Crippen LogP contribution in [-0.2, 0) is 15.6 Å². The lowest BCUT2D eigenvalue weighted by molar-refractivity contribution is 0.488. The third-order valence-electron chi connectivity index (χ3n) is 2.65. The number of nitrogens with zero attached hydrogens (tertiary/aromatic N) is 3. The largest absolute Gasteiger partial charge is 0.297 e. The second-order valence-corrected chi connectivity index (χ2v) is 9.43. The summed E-state index contributed by atoms with van der Waals surface area (Å²) >= 11 is 5.65. The molecule has 114 valence electrons. The van der Waals surface area contributed by atoms with E-state index in [1.54, 1.807) is 4.57 Å². The summed E-state index contributed by atoms with van der Waals surface area (Å²) in [5.41, 5.74) is 0.779. The maximum Gasteiger partial charge on any atom is 0.296 e. The minimum absolute atomic E-state index is 0.221. The fraction of sp³-hybridized carbons (Fsp3) is 0.333. The number of benzene rings is 1. The first-order valence-corrected chi connectivity index (χ1v) is 10.2. The summed E-state index contributed by atoms with van der Waals surface area (Å²) in [7, 11) is 1.51. The van der Waals surface area contributed by atoms with Crippen LogP contribution in [0.3, 0.4) is 0 Å². The molecule has 0 fully saturated rings. The van der Waals surface area contributed by atoms with Crippen LogP contribution in [0.15, 0.2) is 27.8 Å². The van der Waals surface area contributed by atoms with Gasteiger partial charge >= 0.3 is 0 Å². The van der Waals surface area contributed by atoms with Gasteiger partial charge in [0.2, 0.25) is 0 Å². The van der Waals surface area contributed by atoms with Crippen LogP contribution in [0.1, 0.15) is 13.8 Å². The highest BCUT2D eigenvalue weighted by molar-refractivity contribution is 14.1. The highest BCUT2D eigenvalue weighted by atomic mass is 127. The lowest BCUT2D eigenvalue weighted by atomic mass is 10.2. The third kappa shape index (κ3) is 3.96. The number of hydrogen-bond donors (Lipinski definition) is 0. The molecule has 1 aromatic carbocycles. The van der Waals surface area contributed by atoms with Gasteiger partial charge in [-0.2, -0.15) is 0 Å². The highest BCUT2D eigenvalue weighted by Crippen LogP contribution is 2.31. The van der Waals surface area contributed by atoms with Gasteiger partial charge in [0.1, 0.15) is 0 Å². The van der Waals surface area contributed by atoms with Gasteiger partial charge in [0.05, 0.1) is 0 Å². The van der Waals surface area contributed by atoms with Gasteiger partial charge < -0.3 is 0 Å². The Bertz CT molecular complexity index is 777. The molecular weight excluding hydrogens is 492 g/mol. The van der Waals surface area contributed by atoms with Gasteiger partial charge in [-0.1, -0.05) is 29.8 Å². The quantitative estimate of drug-likeness (QED) is 0.468. The van der Waals surface area contributed by atoms with Crippen molar-refractivity contribution in [3.63, 3.8) is 0 Å². The molecule has 0 bridgehead atoms. The molecule has 0 unspecified atom stereocenters. The van der Waals surface area contributed by atoms with E-state index in [1.165, 1.54) is 0 Å². The van der Waals surface area contributed by atoms with Crippen molar-refractivity contribution >= 4 is 58.3 Å². The topological polar surface area (TPSA) is 64.8 Å². The summed E-state index contributed by atoms with van der Waals surface area (Å²) in [5.74, 6) is 0.701. The second-order valence-electron chi connectivity index (χ2n) is 4.87. The van der Waals surface area contributed by atoms with Crippen molar-refractivity contribution in [2.75, 3.05) is 0 Å². The maximum atomic E-state index is 11.7. The van der Waals surface area contributed by atoms with Crippen LogP contribution < -0.4 is 0 Å². The predicted molar refractivity (Wildman–Crippen MR) is 93.8 cm³/mol. The van der Waals surface area contributed by atoms with Gasteiger partial charge in [0, 0.05) is 30.8 Å². The first kappa shape index (κ1) is 17.2. The van der Waals surface area contributed by atoms with Crippen LogP contribution in [0.5, 0.6) is 0 Å². The normalized spacial score (nSPS) is 12.1. The van der Waals surface area contributed by atoms with E-state index in [1.807, 2.05) is 32.0 Å². The summed E-state index contributed by atoms with van der Waals surface area (Å²) in [5, 5.41) is 7.56. The molecule has 9 heteroatoms. The van der Waals surface area contributed by atoms with Crippen LogP contribution in [-0.4, -0.2) is 23.2 Å². The molecule has 5 nitrogen and oxygen atoms in total. The minimum Gasteiger partial charge on any atom is -0.297 e. The van der Waals surface area contributed by atoms with Crippen LogP contribution in [0.2, 0.25) is 0 Å². The molecule has 21 heavy (non-hydrogen) atoms. The standard InChI is InChI=1S/C12H12BrClIN3O2S/c1-7(2)6-18-11(16-17-12(18)21(14,19)20)9-5-8(15)3-4-10(9)13/h3-5,7H,6H2,1-2H3. The molecule has 0 amide bonds. The smallest absolute Gasteiger partial charge is 0.296 e. The summed E-state index contributed by atoms with van der Waals surface area (Å²) in [4.78, 5) is 0. The Balaban J connectivity index is 2.69. The molecule has 2 rings (SSSR count). The van der Waals surface area contributed by atoms with Crippen molar-refractivity contribution < 1.29 is 8.42 Å². The molecule has 0 aliphatic heterocycles. The van der Waals surface area contributed by atoms with Crippen molar-refractivity contribution in [2.24, 2.45) is 5.92 Å². The molecule has 0 aliphatic carbocycles. The summed E-state index contributed by atoms with van der Waals surface area (Å²) < 4.78 is 26.7. The van der Waals surface area contributed by atoms with Gasteiger partial charge in [0.25, 0.3) is 14.2 Å². The Kier molecular flexibility index (Phi) is 5.32. The molecule has 1 heterocycles. The summed E-state index contributed by atoms with van der Waals surface area (Å²) in [6.45, 7) is 4.43. The van der Waals surface area contributed by atoms with E-state index in [4.69, 9.17) is 10.7 Å². The van der Waals surface area contributed by atoms with Crippen LogP contribution in [0, 0.1) is 9.49 Å². The van der Waals surface area contributed by atoms with Crippen molar-refractivity contribution in [1.29, 1.82) is 0 Å². The van der Waals surface area contributed by atoms with E-state index in [0.717, 1.165) is 13.6 Å². The molecule has 0 spiro atoms. The molecule has 0 saturated carbocycles. The Labute approximate surface area is 149 Å². The lowest BCUT2D eigenvalue weighted by Gasteiger charge is -2.12. The Hall–Kier alpha value is -0.190. The number of aromatic nitrogens is 3. The number of halogens is 3. The van der Waals surface area contributed by atoms with Gasteiger partial charge in [-0.25, -0.2) is 8.42 Å². The Morgan fingerprint density at radius 2 is 2.05 bits per heavy atom. The van der Waals surface area contributed by atoms with Gasteiger partial charge in [-0.15, -0.1) is 10.2 Å². The highest BCUT2D eigenvalue weighted by Gasteiger charge is 2.24. The van der Waals surface area contributed by atoms with Gasteiger partial charge in [-0.3, -0.25) is 4.57 Å². The molecule has 2 aromatic rings. The molecule has 1 aromatic heterocycles. The fourth-order valence-corrected chi connectivity index (χ4v) is 3.69. The molecule has 0 N–H and O–H groups in total. The van der Waals surface area contributed by atoms with E-state index < -0.39 is 9.05 Å². The lowest BCUT2D eigenvalue weighted by Crippen LogP contribution is -2.12. The van der Waals surface area contributed by atoms with Crippen LogP contribution in [0.4, 0.5) is 0 Å². The van der Waals surface area contributed by atoms with Crippen LogP contribution >= 0.6 is 49.2 Å². The molecule has 0 atom stereocenters. The van der Waals surface area contributed by atoms with E-state index in [2.05, 4.69) is 48.7 Å². The van der Waals surface area contributed by atoms with Gasteiger partial charge in [-0.05, 0) is 46.7 Å². The summed E-state index contributed by atoms with van der Waals surface area (Å²) in [6.07, 6.45) is 0. The number of rotatable bonds is 4. The van der Waals surface area contributed by atoms with Crippen molar-refractivity contribution in [3.05, 3.63) is 26.2 Å². The van der Waals surface area contributed by atoms with Gasteiger partial charge in [0.15, 0.2) is 5.82 Å². The molecular formula is C12H12BrClIN3O2S. The second kappa shape index (κ2) is 6.51. The average Bonchev–Trinajstić information content (AvgIpc) is 2.74. The molecule has 0 aliphatic rings. The fourth-order valence-electron chi connectivity index (χ4n) is 1.87. The Morgan fingerprint density at radius 1 is 1.38 bits per heavy atom. The van der Waals surface area contributed by atoms with E-state index in [-0.39, 0.29) is 11.1 Å². The monoisotopic (exact) mass is 503 g/mol. The zero-order valence-corrected chi connectivity index (χ0v) is 16.5. The molecule has 0 radical (unpaired) electrons. The first-order chi connectivity index (χ1) is 9.70. The first-order valence-electron chi connectivity index (χ1n) is 6.03. The van der Waals surface area contributed by atoms with Crippen molar-refractivity contribution in [3.8, 4) is 11.4 Å². The minimum atomic E-state index is -3.94. The third-order valence-corrected chi connectivity index (χ3v) is 5.17. The predicted octanol–water partition coefficient (Wildman–Crippen LogP) is 3.90. The Morgan fingerprint density at radius 3 is 2.62 bits per heavy atom. The van der Waals surface area contributed by atoms with E-state index >= 15 is 0 Å². The van der Waals surface area contributed by atoms with E-state index in [0.29, 0.717) is 12.4 Å². The molecule has 0 saturated heterocycles. The van der Waals surface area contributed by atoms with E-state index in [9.17, 15) is 8.42 Å². The van der Waals surface area contributed by atoms with Crippen molar-refractivity contribution in [1.82, 2.24) is 14.8 Å². The number of hydrogen-bond acceptors (Lipinski definition) is 4. The zero-order chi connectivity index (χ0) is 15.8. The SMILES string of the molecule is CC(C)Cn1c(-c2cc(I)ccc2Br)nnc1S(=O)(=O)Cl. The van der Waals surface area contributed by atoms with Crippen LogP contribution in [0.25, 0.3) is 11.4 Å². The average molecular weight is 505 g/mol. The van der Waals surface area contributed by atoms with Crippen molar-refractivity contribution in [2.45, 2.75) is 25.5 Å². The zero-order valence-electron chi connectivity index (χ0n) is 11.2.